The summed E-state index contributed by atoms with van der Waals surface area (Å²) in [5, 5.41) is 0. The number of nitrogens with two attached hydrogens (primary N) is 1. The molecule has 2 N–H and O–H groups in total. The third-order valence-electron chi connectivity index (χ3n) is 4.59. The van der Waals surface area contributed by atoms with Crippen LogP contribution in [0.15, 0.2) is 23.1 Å². The zero-order valence-electron chi connectivity index (χ0n) is 13.3. The van der Waals surface area contributed by atoms with Crippen molar-refractivity contribution in [1.82, 2.24) is 0 Å². The molecule has 20 heavy (non-hydrogen) atoms. The minimum atomic E-state index is 0.434. The maximum absolute atomic E-state index is 5.99. The van der Waals surface area contributed by atoms with E-state index < -0.39 is 0 Å². The molecule has 0 radical (unpaired) electrons. The Morgan fingerprint density at radius 2 is 1.90 bits per heavy atom. The number of hydrogen-bond donors (Lipinski definition) is 1. The van der Waals surface area contributed by atoms with Gasteiger partial charge < -0.3 is 10.6 Å². The Bertz CT molecular complexity index is 443. The van der Waals surface area contributed by atoms with Crippen molar-refractivity contribution in [2.75, 3.05) is 24.2 Å². The van der Waals surface area contributed by atoms with Gasteiger partial charge in [0.25, 0.3) is 0 Å². The van der Waals surface area contributed by atoms with Gasteiger partial charge >= 0.3 is 0 Å². The highest BCUT2D eigenvalue weighted by atomic mass is 32.2. The Hall–Kier alpha value is -0.670. The Labute approximate surface area is 128 Å². The normalized spacial score (nSPS) is 17.6. The van der Waals surface area contributed by atoms with Crippen molar-refractivity contribution in [2.45, 2.75) is 45.1 Å². The first-order chi connectivity index (χ1) is 9.47. The standard InChI is InChI=1S/C17H28N2S/c1-17(2,3)13-8-10-19(11-9-13)15-6-5-7-16(20-4)14(15)12-18/h5-7,13H,8-12,18H2,1-4H3. The van der Waals surface area contributed by atoms with Crippen LogP contribution in [0.4, 0.5) is 5.69 Å². The number of hydrogen-bond acceptors (Lipinski definition) is 3. The van der Waals surface area contributed by atoms with Crippen LogP contribution in [0.1, 0.15) is 39.2 Å². The fourth-order valence-corrected chi connectivity index (χ4v) is 3.88. The van der Waals surface area contributed by atoms with Crippen LogP contribution in [0, 0.1) is 11.3 Å². The fourth-order valence-electron chi connectivity index (χ4n) is 3.23. The molecule has 1 fully saturated rings. The van der Waals surface area contributed by atoms with Crippen molar-refractivity contribution in [2.24, 2.45) is 17.1 Å². The molecule has 1 aliphatic rings. The van der Waals surface area contributed by atoms with Gasteiger partial charge in [-0.2, -0.15) is 0 Å². The lowest BCUT2D eigenvalue weighted by Crippen LogP contribution is -2.38. The van der Waals surface area contributed by atoms with Crippen LogP contribution in [-0.4, -0.2) is 19.3 Å². The van der Waals surface area contributed by atoms with E-state index in [-0.39, 0.29) is 0 Å². The van der Waals surface area contributed by atoms with Crippen molar-refractivity contribution in [3.8, 4) is 0 Å². The third-order valence-corrected chi connectivity index (χ3v) is 5.42. The average molecular weight is 292 g/mol. The van der Waals surface area contributed by atoms with Crippen molar-refractivity contribution in [3.05, 3.63) is 23.8 Å². The molecular formula is C17H28N2S. The first-order valence-corrected chi connectivity index (χ1v) is 8.80. The second-order valence-corrected chi connectivity index (χ2v) is 7.64. The molecule has 1 aromatic carbocycles. The summed E-state index contributed by atoms with van der Waals surface area (Å²) in [6.45, 7) is 10.1. The number of rotatable bonds is 3. The van der Waals surface area contributed by atoms with Gasteiger partial charge in [-0.15, -0.1) is 11.8 Å². The van der Waals surface area contributed by atoms with Crippen LogP contribution in [-0.2, 0) is 6.54 Å². The molecule has 0 aromatic heterocycles. The summed E-state index contributed by atoms with van der Waals surface area (Å²) in [4.78, 5) is 3.85. The molecule has 2 nitrogen and oxygen atoms in total. The second-order valence-electron chi connectivity index (χ2n) is 6.79. The van der Waals surface area contributed by atoms with E-state index in [1.165, 1.54) is 29.0 Å². The monoisotopic (exact) mass is 292 g/mol. The first-order valence-electron chi connectivity index (χ1n) is 7.58. The molecule has 0 atom stereocenters. The first kappa shape index (κ1) is 15.7. The highest BCUT2D eigenvalue weighted by Gasteiger charge is 2.29. The van der Waals surface area contributed by atoms with E-state index in [1.807, 2.05) is 0 Å². The summed E-state index contributed by atoms with van der Waals surface area (Å²) in [5.41, 5.74) is 9.09. The van der Waals surface area contributed by atoms with E-state index in [2.05, 4.69) is 50.1 Å². The zero-order chi connectivity index (χ0) is 14.8. The fraction of sp³-hybridized carbons (Fsp3) is 0.647. The zero-order valence-corrected chi connectivity index (χ0v) is 14.1. The van der Waals surface area contributed by atoms with E-state index in [0.29, 0.717) is 12.0 Å². The van der Waals surface area contributed by atoms with Crippen molar-refractivity contribution >= 4 is 17.4 Å². The van der Waals surface area contributed by atoms with Gasteiger partial charge in [-0.25, -0.2) is 0 Å². The molecule has 1 heterocycles. The van der Waals surface area contributed by atoms with Gasteiger partial charge in [-0.3, -0.25) is 0 Å². The third kappa shape index (κ3) is 3.32. The quantitative estimate of drug-likeness (QED) is 0.849. The number of anilines is 1. The largest absolute Gasteiger partial charge is 0.371 e. The van der Waals surface area contributed by atoms with Crippen LogP contribution in [0.2, 0.25) is 0 Å². The molecule has 0 saturated carbocycles. The summed E-state index contributed by atoms with van der Waals surface area (Å²) in [7, 11) is 0. The Balaban J connectivity index is 2.15. The molecule has 1 saturated heterocycles. The van der Waals surface area contributed by atoms with Gasteiger partial charge in [0, 0.05) is 35.8 Å². The Morgan fingerprint density at radius 3 is 2.40 bits per heavy atom. The highest BCUT2D eigenvalue weighted by Crippen LogP contribution is 2.37. The minimum Gasteiger partial charge on any atom is -0.371 e. The molecule has 112 valence electrons. The maximum atomic E-state index is 5.99. The van der Waals surface area contributed by atoms with E-state index >= 15 is 0 Å². The predicted octanol–water partition coefficient (Wildman–Crippen LogP) is 4.13. The van der Waals surface area contributed by atoms with Crippen LogP contribution in [0.3, 0.4) is 0 Å². The number of nitrogens with zero attached hydrogens (tertiary/aromatic N) is 1. The van der Waals surface area contributed by atoms with Gasteiger partial charge in [-0.05, 0) is 42.6 Å². The molecule has 0 amide bonds. The van der Waals surface area contributed by atoms with Gasteiger partial charge in [0.1, 0.15) is 0 Å². The summed E-state index contributed by atoms with van der Waals surface area (Å²) >= 11 is 1.80. The van der Waals surface area contributed by atoms with Gasteiger partial charge in [-0.1, -0.05) is 26.8 Å². The Morgan fingerprint density at radius 1 is 1.25 bits per heavy atom. The van der Waals surface area contributed by atoms with Gasteiger partial charge in [0.2, 0.25) is 0 Å². The molecule has 0 unspecified atom stereocenters. The van der Waals surface area contributed by atoms with Gasteiger partial charge in [0.05, 0.1) is 0 Å². The molecule has 0 aliphatic carbocycles. The van der Waals surface area contributed by atoms with Crippen molar-refractivity contribution < 1.29 is 0 Å². The van der Waals surface area contributed by atoms with Crippen molar-refractivity contribution in [1.29, 1.82) is 0 Å². The van der Waals surface area contributed by atoms with E-state index in [1.54, 1.807) is 11.8 Å². The SMILES string of the molecule is CSc1cccc(N2CCC(C(C)(C)C)CC2)c1CN. The van der Waals surface area contributed by atoms with Crippen LogP contribution >= 0.6 is 11.8 Å². The topological polar surface area (TPSA) is 29.3 Å². The summed E-state index contributed by atoms with van der Waals surface area (Å²) in [6, 6.07) is 6.58. The van der Waals surface area contributed by atoms with E-state index in [9.17, 15) is 0 Å². The van der Waals surface area contributed by atoms with E-state index in [4.69, 9.17) is 5.73 Å². The summed E-state index contributed by atoms with van der Waals surface area (Å²) in [6.07, 6.45) is 4.71. The maximum Gasteiger partial charge on any atom is 0.0423 e. The smallest absolute Gasteiger partial charge is 0.0423 e. The molecule has 3 heteroatoms. The van der Waals surface area contributed by atoms with Crippen molar-refractivity contribution in [3.63, 3.8) is 0 Å². The summed E-state index contributed by atoms with van der Waals surface area (Å²) in [5.74, 6) is 0.837. The lowest BCUT2D eigenvalue weighted by Gasteiger charge is -2.40. The number of benzene rings is 1. The lowest BCUT2D eigenvalue weighted by atomic mass is 9.75. The minimum absolute atomic E-state index is 0.434. The highest BCUT2D eigenvalue weighted by molar-refractivity contribution is 7.98. The number of piperidine rings is 1. The van der Waals surface area contributed by atoms with E-state index in [0.717, 1.165) is 19.0 Å². The average Bonchev–Trinajstić information content (AvgIpc) is 2.45. The molecule has 0 bridgehead atoms. The lowest BCUT2D eigenvalue weighted by molar-refractivity contribution is 0.199. The van der Waals surface area contributed by atoms with Crippen LogP contribution in [0.25, 0.3) is 0 Å². The van der Waals surface area contributed by atoms with Crippen LogP contribution < -0.4 is 10.6 Å². The van der Waals surface area contributed by atoms with Crippen LogP contribution in [0.5, 0.6) is 0 Å². The predicted molar refractivity (Wildman–Crippen MR) is 90.5 cm³/mol. The molecule has 1 aliphatic heterocycles. The second kappa shape index (κ2) is 6.40. The number of thioether (sulfide) groups is 1. The molecule has 2 rings (SSSR count). The molecule has 0 spiro atoms. The van der Waals surface area contributed by atoms with Gasteiger partial charge in [0.15, 0.2) is 0 Å². The molecule has 1 aromatic rings. The molecular weight excluding hydrogens is 264 g/mol. The Kier molecular flexibility index (Phi) is 5.03. The summed E-state index contributed by atoms with van der Waals surface area (Å²) < 4.78 is 0.